The molecular weight excluding hydrogens is 336 g/mol. The normalized spacial score (nSPS) is 14.1. The Balaban J connectivity index is 1.70. The topological polar surface area (TPSA) is 97.6 Å². The number of hydrogen-bond donors (Lipinski definition) is 1. The first-order chi connectivity index (χ1) is 12.6. The van der Waals surface area contributed by atoms with Crippen LogP contribution < -0.4 is 10.2 Å². The number of carbonyl (C=O) groups excluding carboxylic acids is 1. The molecule has 1 saturated heterocycles. The number of amides is 1. The Morgan fingerprint density at radius 3 is 2.85 bits per heavy atom. The number of nitrogens with zero attached hydrogens (tertiary/aromatic N) is 3. The van der Waals surface area contributed by atoms with Gasteiger partial charge in [0.2, 0.25) is 0 Å². The lowest BCUT2D eigenvalue weighted by Gasteiger charge is -2.28. The summed E-state index contributed by atoms with van der Waals surface area (Å²) in [6.07, 6.45) is 1.70. The van der Waals surface area contributed by atoms with E-state index in [1.807, 2.05) is 12.1 Å². The lowest BCUT2D eigenvalue weighted by molar-refractivity contribution is -0.385. The molecule has 0 atom stereocenters. The summed E-state index contributed by atoms with van der Waals surface area (Å²) in [7, 11) is 0. The number of nitro groups is 1. The molecule has 1 amide bonds. The van der Waals surface area contributed by atoms with Gasteiger partial charge in [0.05, 0.1) is 18.1 Å². The lowest BCUT2D eigenvalue weighted by Crippen LogP contribution is -2.36. The van der Waals surface area contributed by atoms with Crippen molar-refractivity contribution in [3.05, 3.63) is 63.3 Å². The van der Waals surface area contributed by atoms with Gasteiger partial charge in [0, 0.05) is 31.4 Å². The molecule has 1 aromatic heterocycles. The molecule has 2 aromatic rings. The molecule has 1 aliphatic heterocycles. The molecule has 2 heterocycles. The van der Waals surface area contributed by atoms with Gasteiger partial charge < -0.3 is 15.0 Å². The van der Waals surface area contributed by atoms with Crippen LogP contribution in [0.2, 0.25) is 0 Å². The Labute approximate surface area is 150 Å². The monoisotopic (exact) mass is 356 g/mol. The Bertz CT molecular complexity index is 819. The van der Waals surface area contributed by atoms with Crippen LogP contribution in [0.25, 0.3) is 0 Å². The van der Waals surface area contributed by atoms with Crippen molar-refractivity contribution in [1.29, 1.82) is 0 Å². The van der Waals surface area contributed by atoms with Crippen LogP contribution in [-0.2, 0) is 11.3 Å². The molecule has 0 unspecified atom stereocenters. The van der Waals surface area contributed by atoms with Crippen molar-refractivity contribution in [3.63, 3.8) is 0 Å². The zero-order valence-corrected chi connectivity index (χ0v) is 14.5. The third kappa shape index (κ3) is 3.97. The van der Waals surface area contributed by atoms with Crippen LogP contribution in [0, 0.1) is 17.0 Å². The molecular formula is C18H20N4O4. The fraction of sp³-hybridized carbons (Fsp3) is 0.333. The molecule has 1 fully saturated rings. The number of carbonyl (C=O) groups is 1. The summed E-state index contributed by atoms with van der Waals surface area (Å²) in [5, 5.41) is 14.0. The van der Waals surface area contributed by atoms with Crippen molar-refractivity contribution in [2.75, 3.05) is 31.2 Å². The zero-order chi connectivity index (χ0) is 18.5. The van der Waals surface area contributed by atoms with Gasteiger partial charge in [-0.25, -0.2) is 4.98 Å². The first kappa shape index (κ1) is 17.8. The van der Waals surface area contributed by atoms with Gasteiger partial charge in [0.1, 0.15) is 11.4 Å². The van der Waals surface area contributed by atoms with Crippen LogP contribution in [0.1, 0.15) is 21.5 Å². The number of pyridine rings is 1. The third-order valence-corrected chi connectivity index (χ3v) is 4.26. The van der Waals surface area contributed by atoms with Gasteiger partial charge in [-0.05, 0) is 30.7 Å². The number of nitro benzene ring substituents is 1. The van der Waals surface area contributed by atoms with E-state index in [4.69, 9.17) is 4.74 Å². The molecule has 0 bridgehead atoms. The SMILES string of the molecule is Cc1cccc(C(=O)NCc2ccnc(N3CCOCC3)c2)c1[N+](=O)[O-]. The molecule has 8 heteroatoms. The van der Waals surface area contributed by atoms with E-state index in [1.165, 1.54) is 6.07 Å². The second-order valence-electron chi connectivity index (χ2n) is 6.03. The molecule has 8 nitrogen and oxygen atoms in total. The Morgan fingerprint density at radius 1 is 1.35 bits per heavy atom. The number of morpholine rings is 1. The molecule has 0 radical (unpaired) electrons. The van der Waals surface area contributed by atoms with Crippen LogP contribution in [-0.4, -0.2) is 42.1 Å². The minimum atomic E-state index is -0.521. The van der Waals surface area contributed by atoms with Crippen molar-refractivity contribution in [2.24, 2.45) is 0 Å². The average molecular weight is 356 g/mol. The molecule has 0 aliphatic carbocycles. The number of rotatable bonds is 5. The quantitative estimate of drug-likeness (QED) is 0.650. The summed E-state index contributed by atoms with van der Waals surface area (Å²) in [6, 6.07) is 8.45. The number of aryl methyl sites for hydroxylation is 1. The van der Waals surface area contributed by atoms with Gasteiger partial charge >= 0.3 is 0 Å². The molecule has 1 N–H and O–H groups in total. The summed E-state index contributed by atoms with van der Waals surface area (Å²) in [4.78, 5) is 29.6. The van der Waals surface area contributed by atoms with Crippen LogP contribution in [0.15, 0.2) is 36.5 Å². The van der Waals surface area contributed by atoms with Gasteiger partial charge in [-0.15, -0.1) is 0 Å². The van der Waals surface area contributed by atoms with E-state index in [0.29, 0.717) is 18.8 Å². The van der Waals surface area contributed by atoms with E-state index in [1.54, 1.807) is 25.3 Å². The predicted octanol–water partition coefficient (Wildman–Crippen LogP) is 2.06. The van der Waals surface area contributed by atoms with Crippen molar-refractivity contribution in [3.8, 4) is 0 Å². The molecule has 1 aliphatic rings. The number of nitrogens with one attached hydrogen (secondary N) is 1. The maximum absolute atomic E-state index is 12.4. The van der Waals surface area contributed by atoms with E-state index in [2.05, 4.69) is 15.2 Å². The van der Waals surface area contributed by atoms with Crippen molar-refractivity contribution in [1.82, 2.24) is 10.3 Å². The number of anilines is 1. The van der Waals surface area contributed by atoms with Crippen LogP contribution in [0.3, 0.4) is 0 Å². The highest BCUT2D eigenvalue weighted by atomic mass is 16.6. The summed E-state index contributed by atoms with van der Waals surface area (Å²) >= 11 is 0. The van der Waals surface area contributed by atoms with Crippen LogP contribution in [0.5, 0.6) is 0 Å². The van der Waals surface area contributed by atoms with Gasteiger partial charge in [-0.3, -0.25) is 14.9 Å². The third-order valence-electron chi connectivity index (χ3n) is 4.26. The van der Waals surface area contributed by atoms with E-state index in [-0.39, 0.29) is 17.8 Å². The Hall–Kier alpha value is -3.00. The van der Waals surface area contributed by atoms with Crippen LogP contribution in [0.4, 0.5) is 11.5 Å². The minimum Gasteiger partial charge on any atom is -0.378 e. The second-order valence-corrected chi connectivity index (χ2v) is 6.03. The zero-order valence-electron chi connectivity index (χ0n) is 14.5. The summed E-state index contributed by atoms with van der Waals surface area (Å²) < 4.78 is 5.34. The molecule has 3 rings (SSSR count). The first-order valence-corrected chi connectivity index (χ1v) is 8.36. The second kappa shape index (κ2) is 7.92. The first-order valence-electron chi connectivity index (χ1n) is 8.36. The highest BCUT2D eigenvalue weighted by molar-refractivity contribution is 5.98. The van der Waals surface area contributed by atoms with E-state index in [0.717, 1.165) is 24.5 Å². The fourth-order valence-corrected chi connectivity index (χ4v) is 2.90. The maximum atomic E-state index is 12.4. The largest absolute Gasteiger partial charge is 0.378 e. The minimum absolute atomic E-state index is 0.0671. The number of aromatic nitrogens is 1. The van der Waals surface area contributed by atoms with Gasteiger partial charge in [-0.1, -0.05) is 12.1 Å². The predicted molar refractivity (Wildman–Crippen MR) is 96.3 cm³/mol. The fourth-order valence-electron chi connectivity index (χ4n) is 2.90. The maximum Gasteiger partial charge on any atom is 0.285 e. The van der Waals surface area contributed by atoms with E-state index in [9.17, 15) is 14.9 Å². The van der Waals surface area contributed by atoms with E-state index < -0.39 is 10.8 Å². The van der Waals surface area contributed by atoms with Crippen LogP contribution >= 0.6 is 0 Å². The average Bonchev–Trinajstić information content (AvgIpc) is 2.66. The van der Waals surface area contributed by atoms with E-state index >= 15 is 0 Å². The highest BCUT2D eigenvalue weighted by Gasteiger charge is 2.22. The van der Waals surface area contributed by atoms with Gasteiger partial charge in [-0.2, -0.15) is 0 Å². The molecule has 1 aromatic carbocycles. The van der Waals surface area contributed by atoms with Gasteiger partial charge in [0.25, 0.3) is 11.6 Å². The highest BCUT2D eigenvalue weighted by Crippen LogP contribution is 2.23. The smallest absolute Gasteiger partial charge is 0.285 e. The number of benzene rings is 1. The lowest BCUT2D eigenvalue weighted by atomic mass is 10.1. The number of hydrogen-bond acceptors (Lipinski definition) is 6. The molecule has 0 saturated carbocycles. The molecule has 0 spiro atoms. The van der Waals surface area contributed by atoms with Gasteiger partial charge in [0.15, 0.2) is 0 Å². The molecule has 136 valence electrons. The standard InChI is InChI=1S/C18H20N4O4/c1-13-3-2-4-15(17(13)22(24)25)18(23)20-12-14-5-6-19-16(11-14)21-7-9-26-10-8-21/h2-6,11H,7-10,12H2,1H3,(H,20,23). The van der Waals surface area contributed by atoms with Crippen molar-refractivity contribution >= 4 is 17.4 Å². The number of ether oxygens (including phenoxy) is 1. The van der Waals surface area contributed by atoms with Crippen molar-refractivity contribution < 1.29 is 14.5 Å². The summed E-state index contributed by atoms with van der Waals surface area (Å²) in [5.74, 6) is 0.367. The van der Waals surface area contributed by atoms with Crippen molar-refractivity contribution in [2.45, 2.75) is 13.5 Å². The Kier molecular flexibility index (Phi) is 5.43. The summed E-state index contributed by atoms with van der Waals surface area (Å²) in [5.41, 5.74) is 1.25. The number of para-hydroxylation sites is 1. The Morgan fingerprint density at radius 2 is 2.12 bits per heavy atom. The summed E-state index contributed by atoms with van der Waals surface area (Å²) in [6.45, 7) is 4.77. The molecule has 26 heavy (non-hydrogen) atoms.